The van der Waals surface area contributed by atoms with E-state index in [-0.39, 0.29) is 21.9 Å². The Morgan fingerprint density at radius 2 is 1.05 bits per heavy atom. The van der Waals surface area contributed by atoms with Gasteiger partial charge in [0.1, 0.15) is 0 Å². The van der Waals surface area contributed by atoms with Crippen LogP contribution in [-0.2, 0) is 10.8 Å². The first-order chi connectivity index (χ1) is 48.8. The fraction of sp³-hybridized carbons (Fsp3) is 0.119. The quantitative estimate of drug-likeness (QED) is 0.166. The van der Waals surface area contributed by atoms with Crippen molar-refractivity contribution in [1.82, 2.24) is 9.13 Å². The van der Waals surface area contributed by atoms with Gasteiger partial charge < -0.3 is 18.9 Å². The lowest BCUT2D eigenvalue weighted by Gasteiger charge is -2.46. The zero-order valence-corrected chi connectivity index (χ0v) is 39.3. The van der Waals surface area contributed by atoms with Crippen molar-refractivity contribution in [3.05, 3.63) is 210 Å². The van der Waals surface area contributed by atoms with Crippen molar-refractivity contribution in [3.63, 3.8) is 0 Å². The first-order valence-corrected chi connectivity index (χ1v) is 23.0. The van der Waals surface area contributed by atoms with Crippen LogP contribution in [0.4, 0.5) is 34.1 Å². The van der Waals surface area contributed by atoms with E-state index in [9.17, 15) is 38.2 Å². The molecule has 0 saturated carbocycles. The molecule has 0 bridgehead atoms. The van der Waals surface area contributed by atoms with E-state index in [2.05, 4.69) is 0 Å². The van der Waals surface area contributed by atoms with Crippen LogP contribution >= 0.6 is 0 Å². The van der Waals surface area contributed by atoms with Gasteiger partial charge in [0.25, 0.3) is 6.71 Å². The molecule has 0 amide bonds. The third-order valence-corrected chi connectivity index (χ3v) is 13.6. The fourth-order valence-electron chi connectivity index (χ4n) is 10.3. The van der Waals surface area contributed by atoms with Crippen molar-refractivity contribution in [2.45, 2.75) is 52.4 Å². The number of anilines is 6. The summed E-state index contributed by atoms with van der Waals surface area (Å²) in [4.78, 5) is 1.70. The molecule has 0 aliphatic carbocycles. The largest absolute Gasteiger partial charge is 0.311 e. The highest BCUT2D eigenvalue weighted by Crippen LogP contribution is 2.53. The van der Waals surface area contributed by atoms with Gasteiger partial charge in [0.2, 0.25) is 0 Å². The Balaban J connectivity index is 1.21. The smallest absolute Gasteiger partial charge is 0.252 e. The Labute approximate surface area is 470 Å². The van der Waals surface area contributed by atoms with Gasteiger partial charge in [0.05, 0.1) is 94.6 Å². The number of fused-ring (bicyclic) bond motifs is 13. The van der Waals surface area contributed by atoms with E-state index in [4.69, 9.17) is 11.0 Å². The standard InChI is InChI=1S/C67H50BN5/c1-66(2,3)43-26-32-56-51(36-43)52-37-44(67(4,5)6)27-33-57(52)71(56)46-30-31-53-60(38-46)70(45-28-24-42(25-29-45)48-18-11-15-41-14-7-8-16-47(41)48)61-34-40(39-69)35-62-63(61)68(53)54-20-13-23-59-65(54)73(62)58-22-12-19-50-49-17-9-10-21-55(49)72(59)64(50)58/h7-38H,1-6H3/i7D,8D,9D,10D,11D,12D,13D,14D,15D,16D,17D,18D,19D,20D,21D,22D,23D,24D,25D,26D,27D,28D,29D,30D,31D,32D,33D,34D,35D,36D,37D,38D. The van der Waals surface area contributed by atoms with Crippen LogP contribution in [0.25, 0.3) is 76.9 Å². The average molecular weight is 968 g/mol. The molecule has 2 aromatic heterocycles. The van der Waals surface area contributed by atoms with E-state index < -0.39 is 333 Å². The molecule has 10 aromatic carbocycles. The Morgan fingerprint density at radius 1 is 0.452 bits per heavy atom. The number of rotatable bonds is 3. The minimum absolute atomic E-state index is 0.0291. The monoisotopic (exact) mass is 968 g/mol. The van der Waals surface area contributed by atoms with E-state index in [0.717, 1.165) is 14.0 Å². The molecule has 0 radical (unpaired) electrons. The van der Waals surface area contributed by atoms with Crippen LogP contribution < -0.4 is 26.2 Å². The lowest BCUT2D eigenvalue weighted by Crippen LogP contribution is -2.61. The van der Waals surface area contributed by atoms with Crippen LogP contribution in [-0.4, -0.2) is 15.8 Å². The zero-order valence-electron chi connectivity index (χ0n) is 71.3. The number of aromatic nitrogens is 2. The maximum atomic E-state index is 11.5. The minimum Gasteiger partial charge on any atom is -0.311 e. The maximum Gasteiger partial charge on any atom is 0.252 e. The summed E-state index contributed by atoms with van der Waals surface area (Å²) >= 11 is 0. The normalized spacial score (nSPS) is 19.7. The molecule has 5 nitrogen and oxygen atoms in total. The number of nitriles is 1. The summed E-state index contributed by atoms with van der Waals surface area (Å²) < 4.78 is 312. The van der Waals surface area contributed by atoms with Crippen molar-refractivity contribution < 1.29 is 43.9 Å². The molecule has 0 N–H and O–H groups in total. The summed E-state index contributed by atoms with van der Waals surface area (Å²) in [5, 5.41) is 8.78. The van der Waals surface area contributed by atoms with Crippen molar-refractivity contribution in [3.8, 4) is 28.6 Å². The number of hydrogen-bond donors (Lipinski definition) is 0. The van der Waals surface area contributed by atoms with Gasteiger partial charge in [-0.3, -0.25) is 0 Å². The molecule has 0 fully saturated rings. The highest BCUT2D eigenvalue weighted by Gasteiger charge is 2.46. The third kappa shape index (κ3) is 5.79. The van der Waals surface area contributed by atoms with Crippen LogP contribution in [0.1, 0.15) is 102 Å². The number of benzene rings is 10. The molecule has 6 heteroatoms. The lowest BCUT2D eigenvalue weighted by molar-refractivity contribution is 0.590. The minimum atomic E-state index is -2.13. The average Bonchev–Trinajstić information content (AvgIpc) is 1.65. The van der Waals surface area contributed by atoms with Crippen LogP contribution in [0.3, 0.4) is 0 Å². The van der Waals surface area contributed by atoms with Crippen molar-refractivity contribution >= 4 is 112 Å². The molecule has 5 heterocycles. The number of para-hydroxylation sites is 3. The first kappa shape index (κ1) is 21.1. The second-order valence-electron chi connectivity index (χ2n) is 19.9. The molecule has 0 spiro atoms. The maximum absolute atomic E-state index is 11.5. The van der Waals surface area contributed by atoms with Gasteiger partial charge in [-0.2, -0.15) is 5.26 Å². The molecule has 3 aliphatic heterocycles. The van der Waals surface area contributed by atoms with Gasteiger partial charge in [-0.25, -0.2) is 0 Å². The van der Waals surface area contributed by atoms with Crippen LogP contribution in [0.5, 0.6) is 0 Å². The predicted octanol–water partition coefficient (Wildman–Crippen LogP) is 15.6. The van der Waals surface area contributed by atoms with E-state index in [1.165, 1.54) is 0 Å². The molecule has 3 aliphatic rings. The summed E-state index contributed by atoms with van der Waals surface area (Å²) in [6.07, 6.45) is 0. The van der Waals surface area contributed by atoms with Crippen molar-refractivity contribution in [1.29, 1.82) is 5.26 Å². The Morgan fingerprint density at radius 3 is 1.78 bits per heavy atom. The van der Waals surface area contributed by atoms with Gasteiger partial charge in [-0.05, 0) is 139 Å². The topological polar surface area (TPSA) is 40.1 Å². The Hall–Kier alpha value is -8.79. The highest BCUT2D eigenvalue weighted by molar-refractivity contribution is 7.00. The molecule has 15 rings (SSSR count). The van der Waals surface area contributed by atoms with Crippen LogP contribution in [0, 0.1) is 11.3 Å². The van der Waals surface area contributed by atoms with E-state index in [1.807, 2.05) is 6.07 Å². The Kier molecular flexibility index (Phi) is 4.24. The van der Waals surface area contributed by atoms with Gasteiger partial charge in [-0.15, -0.1) is 0 Å². The summed E-state index contributed by atoms with van der Waals surface area (Å²) in [6, 6.07) is -26.8. The second-order valence-corrected chi connectivity index (χ2v) is 19.9. The number of hydrogen-bond acceptors (Lipinski definition) is 3. The van der Waals surface area contributed by atoms with Crippen molar-refractivity contribution in [2.75, 3.05) is 9.80 Å². The number of nitrogens with zero attached hydrogens (tertiary/aromatic N) is 5. The van der Waals surface area contributed by atoms with Crippen molar-refractivity contribution in [2.24, 2.45) is 0 Å². The van der Waals surface area contributed by atoms with E-state index in [0.29, 0.717) is 4.90 Å². The molecule has 0 atom stereocenters. The van der Waals surface area contributed by atoms with Gasteiger partial charge >= 0.3 is 0 Å². The summed E-state index contributed by atoms with van der Waals surface area (Å²) in [5.74, 6) is 0. The lowest BCUT2D eigenvalue weighted by atomic mass is 9.33. The highest BCUT2D eigenvalue weighted by atomic mass is 15.2. The van der Waals surface area contributed by atoms with Crippen LogP contribution in [0.2, 0.25) is 0 Å². The van der Waals surface area contributed by atoms with Gasteiger partial charge in [0.15, 0.2) is 0 Å². The van der Waals surface area contributed by atoms with E-state index >= 15 is 0 Å². The second kappa shape index (κ2) is 14.7. The molecule has 346 valence electrons. The SMILES string of the molecule is [2H]c1c([2H])c2c3c(c1[2H])-n1c4c([2H])c([2H])c([2H])c([2H])c4c4c([2H])c([2H])c([2H])c(c41)N3c1c([2H])c(C#N)c([2H])c3c1B2c1c([2H])c([2H])c(-n2c4c([2H])c([2H])c(C(C)(C)C)c([2H])c4c4c([2H])c(C(C)(C)C)c([2H])c([2H])c42)c([2H])c1N3c1c([2H])c([2H])c(-c2c([2H])c([2H])c([2H])c3c([2H])c([2H])c([2H])c([2H])c23)c([2H])c1[2H]. The molecule has 12 aromatic rings. The summed E-state index contributed by atoms with van der Waals surface area (Å²) in [6.45, 7) is 7.83. The molecule has 0 unspecified atom stereocenters. The molecular weight excluding hydrogens is 886 g/mol. The summed E-state index contributed by atoms with van der Waals surface area (Å²) in [7, 11) is 0. The first-order valence-electron chi connectivity index (χ1n) is 39.0. The molecular formula is C67H50BN5. The predicted molar refractivity (Wildman–Crippen MR) is 308 cm³/mol. The fourth-order valence-corrected chi connectivity index (χ4v) is 10.3. The molecule has 73 heavy (non-hydrogen) atoms. The zero-order chi connectivity index (χ0) is 77.1. The summed E-state index contributed by atoms with van der Waals surface area (Å²) in [5.41, 5.74) is -14.6. The molecule has 0 saturated heterocycles. The van der Waals surface area contributed by atoms with Crippen LogP contribution in [0.15, 0.2) is 193 Å². The third-order valence-electron chi connectivity index (χ3n) is 13.6. The Bertz CT molecular complexity index is 6250. The van der Waals surface area contributed by atoms with Gasteiger partial charge in [0, 0.05) is 50.0 Å². The van der Waals surface area contributed by atoms with E-state index in [1.54, 1.807) is 41.5 Å². The van der Waals surface area contributed by atoms with Gasteiger partial charge in [-0.1, -0.05) is 156 Å².